The van der Waals surface area contributed by atoms with Gasteiger partial charge in [-0.25, -0.2) is 0 Å². The van der Waals surface area contributed by atoms with E-state index in [1.165, 1.54) is 35.1 Å². The standard InChI is InChI=1S/C20H24O2Si/c1-20(22-23(2,3)4)16-9-6-5-8-15(16)18(17-10-7-13-21-17)19(20)14-11-12-14/h5-10,13-14H,11-12H2,1-4H3. The van der Waals surface area contributed by atoms with E-state index in [1.54, 1.807) is 6.26 Å². The van der Waals surface area contributed by atoms with Crippen molar-refractivity contribution in [1.29, 1.82) is 0 Å². The fraction of sp³-hybridized carbons (Fsp3) is 0.400. The Hall–Kier alpha value is -1.58. The molecule has 0 N–H and O–H groups in total. The van der Waals surface area contributed by atoms with E-state index < -0.39 is 8.32 Å². The van der Waals surface area contributed by atoms with Gasteiger partial charge in [-0.15, -0.1) is 0 Å². The van der Waals surface area contributed by atoms with Crippen LogP contribution in [0.2, 0.25) is 19.6 Å². The molecule has 1 unspecified atom stereocenters. The van der Waals surface area contributed by atoms with E-state index in [1.807, 2.05) is 6.07 Å². The third-order valence-corrected chi connectivity index (χ3v) is 5.78. The summed E-state index contributed by atoms with van der Waals surface area (Å²) in [5, 5.41) is 0. The molecule has 4 rings (SSSR count). The highest BCUT2D eigenvalue weighted by molar-refractivity contribution is 6.69. The Morgan fingerprint density at radius 3 is 2.43 bits per heavy atom. The van der Waals surface area contributed by atoms with E-state index in [9.17, 15) is 0 Å². The smallest absolute Gasteiger partial charge is 0.185 e. The van der Waals surface area contributed by atoms with Gasteiger partial charge >= 0.3 is 0 Å². The molecule has 3 heteroatoms. The molecule has 1 aromatic heterocycles. The minimum atomic E-state index is -1.70. The van der Waals surface area contributed by atoms with Crippen LogP contribution in [0.1, 0.15) is 36.7 Å². The van der Waals surface area contributed by atoms with E-state index in [2.05, 4.69) is 56.9 Å². The minimum Gasteiger partial charge on any atom is -0.464 e. The summed E-state index contributed by atoms with van der Waals surface area (Å²) in [6, 6.07) is 12.7. The molecule has 0 radical (unpaired) electrons. The lowest BCUT2D eigenvalue weighted by Gasteiger charge is -2.36. The summed E-state index contributed by atoms with van der Waals surface area (Å²) >= 11 is 0. The van der Waals surface area contributed by atoms with Gasteiger partial charge in [-0.2, -0.15) is 0 Å². The molecule has 23 heavy (non-hydrogen) atoms. The molecular weight excluding hydrogens is 300 g/mol. The zero-order chi connectivity index (χ0) is 16.2. The molecule has 1 saturated carbocycles. The van der Waals surface area contributed by atoms with Crippen molar-refractivity contribution in [2.24, 2.45) is 5.92 Å². The van der Waals surface area contributed by atoms with Crippen LogP contribution >= 0.6 is 0 Å². The molecule has 1 heterocycles. The molecular formula is C20H24O2Si. The maximum absolute atomic E-state index is 6.79. The summed E-state index contributed by atoms with van der Waals surface area (Å²) < 4.78 is 12.6. The molecule has 2 nitrogen and oxygen atoms in total. The Morgan fingerprint density at radius 1 is 1.09 bits per heavy atom. The van der Waals surface area contributed by atoms with E-state index in [0.29, 0.717) is 5.92 Å². The highest BCUT2D eigenvalue weighted by Crippen LogP contribution is 2.58. The SMILES string of the molecule is CC1(O[Si](C)(C)C)C(C2CC2)=C(c2ccco2)c2ccccc21. The normalized spacial score (nSPS) is 24.2. The molecule has 0 amide bonds. The molecule has 2 aliphatic rings. The Bertz CT molecular complexity index is 763. The molecule has 1 fully saturated rings. The van der Waals surface area contributed by atoms with Crippen molar-refractivity contribution in [1.82, 2.24) is 0 Å². The maximum Gasteiger partial charge on any atom is 0.185 e. The molecule has 1 atom stereocenters. The largest absolute Gasteiger partial charge is 0.464 e. The van der Waals surface area contributed by atoms with Crippen LogP contribution in [0.5, 0.6) is 0 Å². The lowest BCUT2D eigenvalue weighted by atomic mass is 9.89. The summed E-state index contributed by atoms with van der Waals surface area (Å²) in [6.07, 6.45) is 4.29. The molecule has 0 bridgehead atoms. The highest BCUT2D eigenvalue weighted by Gasteiger charge is 2.50. The Kier molecular flexibility index (Phi) is 3.23. The van der Waals surface area contributed by atoms with E-state index in [-0.39, 0.29) is 5.60 Å². The van der Waals surface area contributed by atoms with E-state index in [0.717, 1.165) is 5.76 Å². The summed E-state index contributed by atoms with van der Waals surface area (Å²) in [5.74, 6) is 1.60. The van der Waals surface area contributed by atoms with Crippen molar-refractivity contribution in [3.63, 3.8) is 0 Å². The Balaban J connectivity index is 1.98. The van der Waals surface area contributed by atoms with Crippen LogP contribution in [-0.2, 0) is 10.0 Å². The van der Waals surface area contributed by atoms with Gasteiger partial charge in [-0.1, -0.05) is 24.3 Å². The van der Waals surface area contributed by atoms with Gasteiger partial charge < -0.3 is 8.84 Å². The molecule has 0 spiro atoms. The Labute approximate surface area is 139 Å². The zero-order valence-electron chi connectivity index (χ0n) is 14.3. The van der Waals surface area contributed by atoms with Gasteiger partial charge in [0, 0.05) is 5.57 Å². The van der Waals surface area contributed by atoms with Crippen molar-refractivity contribution < 1.29 is 8.84 Å². The number of furan rings is 1. The average molecular weight is 324 g/mol. The Morgan fingerprint density at radius 2 is 1.83 bits per heavy atom. The van der Waals surface area contributed by atoms with Crippen molar-refractivity contribution in [3.8, 4) is 0 Å². The highest BCUT2D eigenvalue weighted by atomic mass is 28.4. The van der Waals surface area contributed by atoms with Gasteiger partial charge in [0.25, 0.3) is 0 Å². The van der Waals surface area contributed by atoms with E-state index in [4.69, 9.17) is 8.84 Å². The molecule has 120 valence electrons. The lowest BCUT2D eigenvalue weighted by molar-refractivity contribution is 0.117. The second-order valence-electron chi connectivity index (χ2n) is 7.83. The first kappa shape index (κ1) is 15.0. The van der Waals surface area contributed by atoms with Crippen molar-refractivity contribution >= 4 is 13.9 Å². The molecule has 1 aromatic carbocycles. The minimum absolute atomic E-state index is 0.315. The van der Waals surface area contributed by atoms with Crippen LogP contribution in [0, 0.1) is 5.92 Å². The molecule has 0 saturated heterocycles. The predicted molar refractivity (Wildman–Crippen MR) is 95.7 cm³/mol. The fourth-order valence-corrected chi connectivity index (χ4v) is 5.46. The monoisotopic (exact) mass is 324 g/mol. The summed E-state index contributed by atoms with van der Waals surface area (Å²) in [4.78, 5) is 0. The predicted octanol–water partition coefficient (Wildman–Crippen LogP) is 5.57. The first-order chi connectivity index (χ1) is 10.9. The van der Waals surface area contributed by atoms with Crippen molar-refractivity contribution in [3.05, 3.63) is 65.1 Å². The van der Waals surface area contributed by atoms with Gasteiger partial charge in [0.15, 0.2) is 8.32 Å². The molecule has 2 aliphatic carbocycles. The number of hydrogen-bond donors (Lipinski definition) is 0. The van der Waals surface area contributed by atoms with Crippen LogP contribution in [0.4, 0.5) is 0 Å². The topological polar surface area (TPSA) is 22.4 Å². The number of benzene rings is 1. The number of rotatable bonds is 4. The lowest BCUT2D eigenvalue weighted by Crippen LogP contribution is -2.39. The van der Waals surface area contributed by atoms with Crippen LogP contribution in [0.15, 0.2) is 52.7 Å². The zero-order valence-corrected chi connectivity index (χ0v) is 15.3. The summed E-state index contributed by atoms with van der Waals surface area (Å²) in [6.45, 7) is 9.09. The van der Waals surface area contributed by atoms with Crippen LogP contribution in [0.25, 0.3) is 5.57 Å². The van der Waals surface area contributed by atoms with Gasteiger partial charge in [-0.05, 0) is 74.2 Å². The first-order valence-corrected chi connectivity index (χ1v) is 11.9. The molecule has 2 aromatic rings. The van der Waals surface area contributed by atoms with Gasteiger partial charge in [0.2, 0.25) is 0 Å². The summed E-state index contributed by atoms with van der Waals surface area (Å²) in [7, 11) is -1.70. The maximum atomic E-state index is 6.79. The second-order valence-corrected chi connectivity index (χ2v) is 12.3. The van der Waals surface area contributed by atoms with Gasteiger partial charge in [0.05, 0.1) is 6.26 Å². The average Bonchev–Trinajstić information content (AvgIpc) is 3.08. The molecule has 0 aliphatic heterocycles. The second kappa shape index (κ2) is 4.95. The van der Waals surface area contributed by atoms with Crippen LogP contribution in [-0.4, -0.2) is 8.32 Å². The van der Waals surface area contributed by atoms with Crippen molar-refractivity contribution in [2.75, 3.05) is 0 Å². The van der Waals surface area contributed by atoms with Crippen LogP contribution in [0.3, 0.4) is 0 Å². The van der Waals surface area contributed by atoms with Crippen LogP contribution < -0.4 is 0 Å². The number of fused-ring (bicyclic) bond motifs is 1. The van der Waals surface area contributed by atoms with Gasteiger partial charge in [-0.3, -0.25) is 0 Å². The fourth-order valence-electron chi connectivity index (χ4n) is 4.02. The van der Waals surface area contributed by atoms with E-state index >= 15 is 0 Å². The third kappa shape index (κ3) is 2.43. The van der Waals surface area contributed by atoms with Crippen molar-refractivity contribution in [2.45, 2.75) is 45.0 Å². The van der Waals surface area contributed by atoms with Gasteiger partial charge in [0.1, 0.15) is 11.4 Å². The number of hydrogen-bond acceptors (Lipinski definition) is 2. The quantitative estimate of drug-likeness (QED) is 0.686. The summed E-state index contributed by atoms with van der Waals surface area (Å²) in [5.41, 5.74) is 4.98. The third-order valence-electron chi connectivity index (χ3n) is 4.76. The first-order valence-electron chi connectivity index (χ1n) is 8.49.